The molecule has 34 heavy (non-hydrogen) atoms. The van der Waals surface area contributed by atoms with Crippen molar-refractivity contribution < 1.29 is 21.5 Å². The molecule has 1 aromatic heterocycles. The highest BCUT2D eigenvalue weighted by molar-refractivity contribution is 5.81. The normalized spacial score (nSPS) is 11.8. The van der Waals surface area contributed by atoms with Crippen molar-refractivity contribution in [2.75, 3.05) is 0 Å². The quantitative estimate of drug-likeness (QED) is 0.322. The molecule has 0 atom stereocenters. The van der Waals surface area contributed by atoms with Gasteiger partial charge in [0, 0.05) is 29.3 Å². The number of aryl methyl sites for hydroxylation is 2. The number of fused-ring (bicyclic) bond motifs is 3. The fourth-order valence-corrected chi connectivity index (χ4v) is 5.10. The fraction of sp³-hybridized carbons (Fsp3) is 0.0938. The smallest absolute Gasteiger partial charge is 0.223 e. The summed E-state index contributed by atoms with van der Waals surface area (Å²) < 4.78 is 2.48. The second-order valence-electron chi connectivity index (χ2n) is 8.83. The summed E-state index contributed by atoms with van der Waals surface area (Å²) in [6, 6.07) is 41.9. The van der Waals surface area contributed by atoms with Crippen LogP contribution in [0.4, 0.5) is 0 Å². The summed E-state index contributed by atoms with van der Waals surface area (Å²) in [6.45, 7) is 2.15. The molecule has 0 unspecified atom stereocenters. The van der Waals surface area contributed by atoms with Crippen molar-refractivity contribution in [1.29, 1.82) is 0 Å². The van der Waals surface area contributed by atoms with Crippen LogP contribution < -0.4 is 21.5 Å². The van der Waals surface area contributed by atoms with Crippen LogP contribution in [0.15, 0.2) is 115 Å². The zero-order valence-electron chi connectivity index (χ0n) is 19.2. The van der Waals surface area contributed by atoms with Crippen LogP contribution in [0.1, 0.15) is 16.7 Å². The lowest BCUT2D eigenvalue weighted by Gasteiger charge is -2.23. The van der Waals surface area contributed by atoms with Crippen LogP contribution in [0.25, 0.3) is 39.3 Å². The van der Waals surface area contributed by atoms with Gasteiger partial charge in [-0.3, -0.25) is 0 Å². The van der Waals surface area contributed by atoms with Gasteiger partial charge in [-0.05, 0) is 54.7 Å². The lowest BCUT2D eigenvalue weighted by Crippen LogP contribution is -3.00. The zero-order chi connectivity index (χ0) is 22.2. The maximum absolute atomic E-state index is 2.48. The van der Waals surface area contributed by atoms with Gasteiger partial charge in [-0.2, -0.15) is 4.57 Å². The van der Waals surface area contributed by atoms with Crippen LogP contribution in [-0.2, 0) is 12.8 Å². The third-order valence-electron chi connectivity index (χ3n) is 6.72. The lowest BCUT2D eigenvalue weighted by atomic mass is 9.83. The second kappa shape index (κ2) is 9.40. The molecule has 0 fully saturated rings. The summed E-state index contributed by atoms with van der Waals surface area (Å²) in [4.78, 5) is 0. The molecule has 0 aliphatic heterocycles. The first-order valence-corrected chi connectivity index (χ1v) is 11.7. The van der Waals surface area contributed by atoms with Crippen LogP contribution in [0, 0.1) is 6.92 Å². The highest BCUT2D eigenvalue weighted by atomic mass is 79.9. The molecule has 166 valence electrons. The van der Waals surface area contributed by atoms with E-state index in [4.69, 9.17) is 0 Å². The molecule has 0 saturated heterocycles. The maximum atomic E-state index is 2.48. The van der Waals surface area contributed by atoms with Gasteiger partial charge < -0.3 is 17.0 Å². The molecule has 0 radical (unpaired) electrons. The Labute approximate surface area is 212 Å². The van der Waals surface area contributed by atoms with Crippen molar-refractivity contribution in [3.8, 4) is 39.3 Å². The van der Waals surface area contributed by atoms with Gasteiger partial charge in [-0.1, -0.05) is 84.4 Å². The lowest BCUT2D eigenvalue weighted by molar-refractivity contribution is -0.572. The molecule has 0 spiro atoms. The number of aromatic nitrogens is 1. The molecule has 0 saturated carbocycles. The number of halogens is 1. The minimum Gasteiger partial charge on any atom is -1.00 e. The zero-order valence-corrected chi connectivity index (χ0v) is 20.8. The first kappa shape index (κ1) is 22.3. The third-order valence-corrected chi connectivity index (χ3v) is 6.72. The summed E-state index contributed by atoms with van der Waals surface area (Å²) in [6.07, 6.45) is 2.11. The first-order valence-electron chi connectivity index (χ1n) is 11.7. The van der Waals surface area contributed by atoms with Crippen LogP contribution in [0.2, 0.25) is 0 Å². The second-order valence-corrected chi connectivity index (χ2v) is 8.83. The molecule has 1 aliphatic rings. The molecule has 0 amide bonds. The standard InChI is InChI=1S/C32H26N.BrH/c1-23-16-19-27(20-17-23)33-31(26-13-6-3-7-14-26)22-30(24-10-4-2-5-11-24)29-21-18-25-12-8-9-15-28(25)32(29)33;/h2-17,19-20,22H,18,21H2,1H3;1H/q+1;/p-1. The van der Waals surface area contributed by atoms with E-state index in [9.17, 15) is 0 Å². The average molecular weight is 504 g/mol. The molecule has 5 aromatic rings. The van der Waals surface area contributed by atoms with Gasteiger partial charge in [0.15, 0.2) is 0 Å². The summed E-state index contributed by atoms with van der Waals surface area (Å²) in [7, 11) is 0. The van der Waals surface area contributed by atoms with E-state index in [0.29, 0.717) is 0 Å². The summed E-state index contributed by atoms with van der Waals surface area (Å²) in [5.74, 6) is 0. The van der Waals surface area contributed by atoms with Crippen LogP contribution >= 0.6 is 0 Å². The number of pyridine rings is 1. The molecule has 4 aromatic carbocycles. The molecular formula is C32H26BrN. The monoisotopic (exact) mass is 503 g/mol. The molecule has 6 rings (SSSR count). The number of nitrogens with zero attached hydrogens (tertiary/aromatic N) is 1. The van der Waals surface area contributed by atoms with Crippen molar-refractivity contribution in [3.05, 3.63) is 132 Å². The van der Waals surface area contributed by atoms with Gasteiger partial charge in [0.1, 0.15) is 0 Å². The van der Waals surface area contributed by atoms with Crippen molar-refractivity contribution in [3.63, 3.8) is 0 Å². The van der Waals surface area contributed by atoms with Crippen LogP contribution in [0.3, 0.4) is 0 Å². The van der Waals surface area contributed by atoms with Crippen LogP contribution in [-0.4, -0.2) is 0 Å². The van der Waals surface area contributed by atoms with Gasteiger partial charge >= 0.3 is 0 Å². The largest absolute Gasteiger partial charge is 1.00 e. The van der Waals surface area contributed by atoms with E-state index in [0.717, 1.165) is 12.8 Å². The molecule has 1 aliphatic carbocycles. The maximum Gasteiger partial charge on any atom is 0.223 e. The van der Waals surface area contributed by atoms with Crippen molar-refractivity contribution in [2.45, 2.75) is 19.8 Å². The summed E-state index contributed by atoms with van der Waals surface area (Å²) in [5.41, 5.74) is 13.0. The van der Waals surface area contributed by atoms with Gasteiger partial charge in [-0.15, -0.1) is 0 Å². The summed E-state index contributed by atoms with van der Waals surface area (Å²) >= 11 is 0. The fourth-order valence-electron chi connectivity index (χ4n) is 5.10. The Balaban J connectivity index is 0.00000241. The van der Waals surface area contributed by atoms with E-state index in [-0.39, 0.29) is 17.0 Å². The van der Waals surface area contributed by atoms with E-state index in [2.05, 4.69) is 127 Å². The molecule has 2 heteroatoms. The number of rotatable bonds is 3. The topological polar surface area (TPSA) is 3.88 Å². The predicted octanol–water partition coefficient (Wildman–Crippen LogP) is 4.38. The van der Waals surface area contributed by atoms with Crippen molar-refractivity contribution in [2.24, 2.45) is 0 Å². The van der Waals surface area contributed by atoms with Gasteiger partial charge in [0.25, 0.3) is 0 Å². The summed E-state index contributed by atoms with van der Waals surface area (Å²) in [5, 5.41) is 0. The van der Waals surface area contributed by atoms with E-state index < -0.39 is 0 Å². The highest BCUT2D eigenvalue weighted by Crippen LogP contribution is 2.39. The Hall–Kier alpha value is -3.49. The molecule has 0 N–H and O–H groups in total. The number of hydrogen-bond donors (Lipinski definition) is 0. The predicted molar refractivity (Wildman–Crippen MR) is 136 cm³/mol. The number of hydrogen-bond acceptors (Lipinski definition) is 0. The van der Waals surface area contributed by atoms with Gasteiger partial charge in [0.05, 0.1) is 5.56 Å². The Bertz CT molecular complexity index is 1440. The molecule has 1 nitrogen and oxygen atoms in total. The SMILES string of the molecule is Cc1ccc(-[n+]2c(-c3ccccc3)cc(-c3ccccc3)c3c2-c2ccccc2CC3)cc1.[Br-]. The van der Waals surface area contributed by atoms with Crippen molar-refractivity contribution >= 4 is 0 Å². The Morgan fingerprint density at radius 3 is 1.91 bits per heavy atom. The van der Waals surface area contributed by atoms with E-state index >= 15 is 0 Å². The molecule has 0 bridgehead atoms. The van der Waals surface area contributed by atoms with E-state index in [1.54, 1.807) is 0 Å². The minimum absolute atomic E-state index is 0. The van der Waals surface area contributed by atoms with Crippen molar-refractivity contribution in [1.82, 2.24) is 0 Å². The Kier molecular flexibility index (Phi) is 6.17. The number of benzene rings is 4. The Morgan fingerprint density at radius 1 is 0.588 bits per heavy atom. The molecular weight excluding hydrogens is 478 g/mol. The first-order chi connectivity index (χ1) is 16.3. The Morgan fingerprint density at radius 2 is 1.21 bits per heavy atom. The van der Waals surface area contributed by atoms with E-state index in [1.165, 1.54) is 56.0 Å². The van der Waals surface area contributed by atoms with Gasteiger partial charge in [0.2, 0.25) is 17.1 Å². The van der Waals surface area contributed by atoms with Crippen LogP contribution in [0.5, 0.6) is 0 Å². The molecule has 1 heterocycles. The third kappa shape index (κ3) is 3.89. The average Bonchev–Trinajstić information content (AvgIpc) is 2.89. The van der Waals surface area contributed by atoms with E-state index in [1.807, 2.05) is 0 Å². The minimum atomic E-state index is 0. The highest BCUT2D eigenvalue weighted by Gasteiger charge is 2.33. The van der Waals surface area contributed by atoms with Gasteiger partial charge in [-0.25, -0.2) is 0 Å².